The van der Waals surface area contributed by atoms with Crippen LogP contribution in [0.15, 0.2) is 24.3 Å². The number of hydrogen-bond acceptors (Lipinski definition) is 5. The Kier molecular flexibility index (Phi) is 2.20. The molecule has 0 saturated carbocycles. The SMILES string of the molecule is Cc1ccc2cc3c(=N)n4c(C)nnc4sc3nc2c1. The molecule has 6 heteroatoms. The van der Waals surface area contributed by atoms with Crippen molar-refractivity contribution < 1.29 is 0 Å². The first-order valence-electron chi connectivity index (χ1n) is 6.24. The van der Waals surface area contributed by atoms with E-state index in [1.54, 1.807) is 4.40 Å². The van der Waals surface area contributed by atoms with Gasteiger partial charge in [0, 0.05) is 5.39 Å². The number of nitrogens with one attached hydrogen (secondary N) is 1. The molecule has 4 aromatic rings. The highest BCUT2D eigenvalue weighted by Gasteiger charge is 2.10. The molecule has 4 rings (SSSR count). The van der Waals surface area contributed by atoms with Crippen LogP contribution in [0.25, 0.3) is 26.1 Å². The second-order valence-corrected chi connectivity index (χ2v) is 5.81. The lowest BCUT2D eigenvalue weighted by molar-refractivity contribution is 0.956. The van der Waals surface area contributed by atoms with Crippen molar-refractivity contribution in [2.75, 3.05) is 0 Å². The van der Waals surface area contributed by atoms with Gasteiger partial charge in [0.1, 0.15) is 16.1 Å². The molecule has 0 spiro atoms. The number of aryl methyl sites for hydroxylation is 2. The number of hydrogen-bond donors (Lipinski definition) is 1. The Bertz CT molecular complexity index is 1040. The summed E-state index contributed by atoms with van der Waals surface area (Å²) in [5.41, 5.74) is 2.53. The molecular formula is C14H11N5S. The summed E-state index contributed by atoms with van der Waals surface area (Å²) in [5.74, 6) is 0.729. The molecule has 3 aromatic heterocycles. The minimum Gasteiger partial charge on any atom is -0.283 e. The smallest absolute Gasteiger partial charge is 0.219 e. The molecule has 0 unspecified atom stereocenters. The molecule has 0 saturated heterocycles. The van der Waals surface area contributed by atoms with E-state index in [0.29, 0.717) is 10.4 Å². The number of fused-ring (bicyclic) bond motifs is 3. The van der Waals surface area contributed by atoms with Crippen LogP contribution in [-0.2, 0) is 0 Å². The van der Waals surface area contributed by atoms with Gasteiger partial charge in [-0.15, -0.1) is 10.2 Å². The predicted molar refractivity (Wildman–Crippen MR) is 79.0 cm³/mol. The van der Waals surface area contributed by atoms with Gasteiger partial charge >= 0.3 is 0 Å². The van der Waals surface area contributed by atoms with Gasteiger partial charge in [0.2, 0.25) is 4.96 Å². The molecule has 0 atom stereocenters. The van der Waals surface area contributed by atoms with Crippen LogP contribution in [0.4, 0.5) is 0 Å². The van der Waals surface area contributed by atoms with Gasteiger partial charge in [0.05, 0.1) is 10.9 Å². The number of rotatable bonds is 0. The van der Waals surface area contributed by atoms with E-state index in [9.17, 15) is 0 Å². The Hall–Kier alpha value is -2.34. The quantitative estimate of drug-likeness (QED) is 0.504. The van der Waals surface area contributed by atoms with Gasteiger partial charge in [-0.3, -0.25) is 9.81 Å². The highest BCUT2D eigenvalue weighted by Crippen LogP contribution is 2.22. The van der Waals surface area contributed by atoms with Crippen molar-refractivity contribution in [2.45, 2.75) is 13.8 Å². The van der Waals surface area contributed by atoms with Gasteiger partial charge in [-0.05, 0) is 31.5 Å². The van der Waals surface area contributed by atoms with Gasteiger partial charge < -0.3 is 0 Å². The third-order valence-electron chi connectivity index (χ3n) is 3.40. The molecule has 1 N–H and O–H groups in total. The molecule has 5 nitrogen and oxygen atoms in total. The van der Waals surface area contributed by atoms with Crippen LogP contribution >= 0.6 is 11.3 Å². The Morgan fingerprint density at radius 3 is 2.85 bits per heavy atom. The minimum atomic E-state index is 0.395. The maximum atomic E-state index is 8.36. The first kappa shape index (κ1) is 11.5. The molecule has 0 amide bonds. The molecule has 0 fully saturated rings. The van der Waals surface area contributed by atoms with Crippen LogP contribution in [0, 0.1) is 19.3 Å². The van der Waals surface area contributed by atoms with Crippen molar-refractivity contribution in [3.8, 4) is 0 Å². The monoisotopic (exact) mass is 281 g/mol. The average molecular weight is 281 g/mol. The van der Waals surface area contributed by atoms with Crippen molar-refractivity contribution in [2.24, 2.45) is 0 Å². The summed E-state index contributed by atoms with van der Waals surface area (Å²) in [4.78, 5) is 6.21. The molecule has 98 valence electrons. The normalized spacial score (nSPS) is 11.7. The van der Waals surface area contributed by atoms with Crippen molar-refractivity contribution in [3.63, 3.8) is 0 Å². The second-order valence-electron chi connectivity index (χ2n) is 4.85. The maximum absolute atomic E-state index is 8.36. The fourth-order valence-corrected chi connectivity index (χ4v) is 3.36. The predicted octanol–water partition coefficient (Wildman–Crippen LogP) is 2.59. The molecule has 0 bridgehead atoms. The summed E-state index contributed by atoms with van der Waals surface area (Å²) in [7, 11) is 0. The molecular weight excluding hydrogens is 270 g/mol. The molecule has 0 radical (unpaired) electrons. The lowest BCUT2D eigenvalue weighted by Gasteiger charge is -2.03. The van der Waals surface area contributed by atoms with E-state index in [1.165, 1.54) is 16.9 Å². The van der Waals surface area contributed by atoms with Gasteiger partial charge in [0.15, 0.2) is 0 Å². The summed E-state index contributed by atoms with van der Waals surface area (Å²) in [6.45, 7) is 3.91. The Balaban J connectivity index is 2.26. The number of pyridine rings is 1. The highest BCUT2D eigenvalue weighted by atomic mass is 32.1. The first-order valence-corrected chi connectivity index (χ1v) is 7.06. The second kappa shape index (κ2) is 3.83. The van der Waals surface area contributed by atoms with Crippen LogP contribution in [0.1, 0.15) is 11.4 Å². The van der Waals surface area contributed by atoms with E-state index in [0.717, 1.165) is 26.9 Å². The van der Waals surface area contributed by atoms with Crippen LogP contribution in [0.5, 0.6) is 0 Å². The molecule has 0 aliphatic heterocycles. The van der Waals surface area contributed by atoms with Gasteiger partial charge in [-0.25, -0.2) is 4.98 Å². The largest absolute Gasteiger partial charge is 0.283 e. The van der Waals surface area contributed by atoms with Crippen LogP contribution in [0.2, 0.25) is 0 Å². The van der Waals surface area contributed by atoms with E-state index in [2.05, 4.69) is 34.2 Å². The van der Waals surface area contributed by atoms with E-state index in [1.807, 2.05) is 19.1 Å². The van der Waals surface area contributed by atoms with Crippen LogP contribution in [0.3, 0.4) is 0 Å². The fourth-order valence-electron chi connectivity index (χ4n) is 2.38. The highest BCUT2D eigenvalue weighted by molar-refractivity contribution is 7.22. The van der Waals surface area contributed by atoms with E-state index < -0.39 is 0 Å². The van der Waals surface area contributed by atoms with Crippen molar-refractivity contribution in [1.82, 2.24) is 19.6 Å². The average Bonchev–Trinajstić information content (AvgIpc) is 2.79. The summed E-state index contributed by atoms with van der Waals surface area (Å²) in [6, 6.07) is 8.19. The van der Waals surface area contributed by atoms with Gasteiger partial charge in [-0.2, -0.15) is 0 Å². The summed E-state index contributed by atoms with van der Waals surface area (Å²) >= 11 is 1.47. The minimum absolute atomic E-state index is 0.395. The fraction of sp³-hybridized carbons (Fsp3) is 0.143. The van der Waals surface area contributed by atoms with Crippen molar-refractivity contribution in [1.29, 1.82) is 5.41 Å². The molecule has 1 aromatic carbocycles. The zero-order chi connectivity index (χ0) is 13.9. The lowest BCUT2D eigenvalue weighted by atomic mass is 10.1. The Labute approximate surface area is 118 Å². The van der Waals surface area contributed by atoms with Gasteiger partial charge in [-0.1, -0.05) is 23.5 Å². The van der Waals surface area contributed by atoms with E-state index in [4.69, 9.17) is 5.41 Å². The summed E-state index contributed by atoms with van der Waals surface area (Å²) in [5, 5.41) is 18.4. The van der Waals surface area contributed by atoms with Crippen molar-refractivity contribution in [3.05, 3.63) is 41.1 Å². The third-order valence-corrected chi connectivity index (χ3v) is 4.35. The van der Waals surface area contributed by atoms with Crippen molar-refractivity contribution >= 4 is 37.4 Å². The molecule has 0 aliphatic carbocycles. The number of benzene rings is 1. The maximum Gasteiger partial charge on any atom is 0.219 e. The molecule has 20 heavy (non-hydrogen) atoms. The van der Waals surface area contributed by atoms with Crippen LogP contribution < -0.4 is 5.49 Å². The summed E-state index contributed by atoms with van der Waals surface area (Å²) < 4.78 is 1.76. The third kappa shape index (κ3) is 1.48. The number of nitrogens with zero attached hydrogens (tertiary/aromatic N) is 4. The molecule has 3 heterocycles. The zero-order valence-electron chi connectivity index (χ0n) is 11.0. The lowest BCUT2D eigenvalue weighted by Crippen LogP contribution is -2.13. The zero-order valence-corrected chi connectivity index (χ0v) is 11.8. The van der Waals surface area contributed by atoms with E-state index in [-0.39, 0.29) is 0 Å². The topological polar surface area (TPSA) is 66.9 Å². The van der Waals surface area contributed by atoms with E-state index >= 15 is 0 Å². The molecule has 0 aliphatic rings. The number of aromatic nitrogens is 4. The summed E-state index contributed by atoms with van der Waals surface area (Å²) in [6.07, 6.45) is 0. The van der Waals surface area contributed by atoms with Gasteiger partial charge in [0.25, 0.3) is 0 Å². The standard InChI is InChI=1S/C14H11N5S/c1-7-3-4-9-6-10-12(15)19-8(2)17-18-14(19)20-13(10)16-11(9)5-7/h3-6,15H,1-2H3. The first-order chi connectivity index (χ1) is 9.63. The Morgan fingerprint density at radius 1 is 1.15 bits per heavy atom. The van der Waals surface area contributed by atoms with Crippen LogP contribution in [-0.4, -0.2) is 19.6 Å². The Morgan fingerprint density at radius 2 is 2.00 bits per heavy atom.